The van der Waals surface area contributed by atoms with Gasteiger partial charge in [0.15, 0.2) is 28.6 Å². The normalized spacial score (nSPS) is 13.9. The molecule has 19 heavy (non-hydrogen) atoms. The molecule has 3 rings (SSSR count). The van der Waals surface area contributed by atoms with Crippen LogP contribution in [0.1, 0.15) is 17.0 Å². The van der Waals surface area contributed by atoms with Gasteiger partial charge in [0, 0.05) is 11.3 Å². The molecule has 4 nitrogen and oxygen atoms in total. The molecule has 0 saturated heterocycles. The fourth-order valence-corrected chi connectivity index (χ4v) is 2.58. The molecule has 0 fully saturated rings. The van der Waals surface area contributed by atoms with E-state index in [0.29, 0.717) is 30.4 Å². The van der Waals surface area contributed by atoms with Crippen molar-refractivity contribution in [2.24, 2.45) is 0 Å². The van der Waals surface area contributed by atoms with Crippen LogP contribution in [0.15, 0.2) is 44.7 Å². The average Bonchev–Trinajstić information content (AvgIpc) is 2.75. The molecule has 1 aliphatic heterocycles. The van der Waals surface area contributed by atoms with E-state index >= 15 is 0 Å². The molecule has 0 radical (unpaired) electrons. The van der Waals surface area contributed by atoms with Crippen LogP contribution in [-0.2, 0) is 0 Å². The first kappa shape index (κ1) is 12.2. The van der Waals surface area contributed by atoms with Crippen LogP contribution in [0.3, 0.4) is 0 Å². The third kappa shape index (κ3) is 2.76. The number of furan rings is 1. The molecule has 0 saturated carbocycles. The van der Waals surface area contributed by atoms with Gasteiger partial charge >= 0.3 is 0 Å². The fraction of sp³-hybridized carbons (Fsp3) is 0.214. The zero-order chi connectivity index (χ0) is 13.1. The van der Waals surface area contributed by atoms with E-state index in [9.17, 15) is 4.79 Å². The van der Waals surface area contributed by atoms with Gasteiger partial charge in [-0.1, -0.05) is 11.8 Å². The maximum Gasteiger partial charge on any atom is 0.185 e. The minimum atomic E-state index is 0.330. The summed E-state index contributed by atoms with van der Waals surface area (Å²) < 4.78 is 16.5. The first-order chi connectivity index (χ1) is 9.35. The van der Waals surface area contributed by atoms with Crippen molar-refractivity contribution in [2.45, 2.75) is 16.4 Å². The number of carbonyl (C=O) groups excluding carboxylic acids is 1. The SMILES string of the molecule is O=Cc1ccc(Sc2ccc3c(c2)OCCCO3)o1. The van der Waals surface area contributed by atoms with E-state index in [1.807, 2.05) is 18.2 Å². The molecule has 0 atom stereocenters. The highest BCUT2D eigenvalue weighted by molar-refractivity contribution is 7.99. The Labute approximate surface area is 114 Å². The van der Waals surface area contributed by atoms with Crippen molar-refractivity contribution in [3.63, 3.8) is 0 Å². The van der Waals surface area contributed by atoms with E-state index in [4.69, 9.17) is 13.9 Å². The van der Waals surface area contributed by atoms with Crippen molar-refractivity contribution in [2.75, 3.05) is 13.2 Å². The molecule has 0 aliphatic carbocycles. The minimum absolute atomic E-state index is 0.330. The zero-order valence-corrected chi connectivity index (χ0v) is 10.9. The van der Waals surface area contributed by atoms with Gasteiger partial charge in [-0.15, -0.1) is 0 Å². The summed E-state index contributed by atoms with van der Waals surface area (Å²) in [5.41, 5.74) is 0. The quantitative estimate of drug-likeness (QED) is 0.804. The first-order valence-corrected chi connectivity index (χ1v) is 6.79. The molecule has 0 unspecified atom stereocenters. The Morgan fingerprint density at radius 3 is 2.68 bits per heavy atom. The summed E-state index contributed by atoms with van der Waals surface area (Å²) in [6, 6.07) is 9.19. The zero-order valence-electron chi connectivity index (χ0n) is 10.1. The predicted molar refractivity (Wildman–Crippen MR) is 70.3 cm³/mol. The molecule has 98 valence electrons. The monoisotopic (exact) mass is 276 g/mol. The van der Waals surface area contributed by atoms with Crippen molar-refractivity contribution < 1.29 is 18.7 Å². The Kier molecular flexibility index (Phi) is 3.46. The fourth-order valence-electron chi connectivity index (χ4n) is 1.78. The highest BCUT2D eigenvalue weighted by atomic mass is 32.2. The van der Waals surface area contributed by atoms with Crippen molar-refractivity contribution in [3.8, 4) is 11.5 Å². The number of fused-ring (bicyclic) bond motifs is 1. The number of hydrogen-bond acceptors (Lipinski definition) is 5. The highest BCUT2D eigenvalue weighted by Crippen LogP contribution is 2.36. The molecule has 1 aliphatic rings. The Bertz CT molecular complexity index is 591. The predicted octanol–water partition coefficient (Wildman–Crippen LogP) is 3.40. The van der Waals surface area contributed by atoms with E-state index in [0.717, 1.165) is 22.8 Å². The average molecular weight is 276 g/mol. The van der Waals surface area contributed by atoms with Crippen molar-refractivity contribution in [1.82, 2.24) is 0 Å². The van der Waals surface area contributed by atoms with Crippen LogP contribution < -0.4 is 9.47 Å². The molecule has 0 bridgehead atoms. The molecule has 0 amide bonds. The lowest BCUT2D eigenvalue weighted by molar-refractivity contribution is 0.109. The summed E-state index contributed by atoms with van der Waals surface area (Å²) in [4.78, 5) is 11.5. The Balaban J connectivity index is 1.81. The Morgan fingerprint density at radius 1 is 1.05 bits per heavy atom. The van der Waals surface area contributed by atoms with Gasteiger partial charge in [-0.2, -0.15) is 0 Å². The molecule has 1 aromatic heterocycles. The standard InChI is InChI=1S/C14H12O4S/c15-9-10-2-5-14(18-10)19-11-3-4-12-13(8-11)17-7-1-6-16-12/h2-5,8-9H,1,6-7H2. The number of carbonyl (C=O) groups is 1. The molecular formula is C14H12O4S. The molecule has 5 heteroatoms. The van der Waals surface area contributed by atoms with Gasteiger partial charge in [-0.3, -0.25) is 4.79 Å². The van der Waals surface area contributed by atoms with E-state index in [-0.39, 0.29) is 0 Å². The lowest BCUT2D eigenvalue weighted by atomic mass is 10.3. The second kappa shape index (κ2) is 5.40. The minimum Gasteiger partial charge on any atom is -0.490 e. The van der Waals surface area contributed by atoms with Gasteiger partial charge in [0.25, 0.3) is 0 Å². The molecule has 0 N–H and O–H groups in total. The van der Waals surface area contributed by atoms with Gasteiger partial charge in [0.05, 0.1) is 13.2 Å². The summed E-state index contributed by atoms with van der Waals surface area (Å²) in [7, 11) is 0. The summed E-state index contributed by atoms with van der Waals surface area (Å²) in [6.45, 7) is 1.34. The van der Waals surface area contributed by atoms with Crippen LogP contribution in [0.5, 0.6) is 11.5 Å². The van der Waals surface area contributed by atoms with Gasteiger partial charge in [-0.05, 0) is 30.3 Å². The van der Waals surface area contributed by atoms with Crippen LogP contribution in [0.2, 0.25) is 0 Å². The summed E-state index contributed by atoms with van der Waals surface area (Å²) in [5.74, 6) is 1.86. The van der Waals surface area contributed by atoms with Crippen LogP contribution in [-0.4, -0.2) is 19.5 Å². The Hall–Kier alpha value is -1.88. The van der Waals surface area contributed by atoms with Crippen LogP contribution in [0, 0.1) is 0 Å². The van der Waals surface area contributed by atoms with Gasteiger partial charge in [0.2, 0.25) is 0 Å². The molecule has 2 heterocycles. The maximum atomic E-state index is 10.6. The highest BCUT2D eigenvalue weighted by Gasteiger charge is 2.12. The van der Waals surface area contributed by atoms with E-state index in [2.05, 4.69) is 0 Å². The third-order valence-electron chi connectivity index (χ3n) is 2.66. The Morgan fingerprint density at radius 2 is 1.89 bits per heavy atom. The second-order valence-corrected chi connectivity index (χ2v) is 5.11. The third-order valence-corrected chi connectivity index (χ3v) is 3.57. The van der Waals surface area contributed by atoms with E-state index < -0.39 is 0 Å². The summed E-state index contributed by atoms with van der Waals surface area (Å²) in [6.07, 6.45) is 1.58. The van der Waals surface area contributed by atoms with Crippen molar-refractivity contribution in [1.29, 1.82) is 0 Å². The summed E-state index contributed by atoms with van der Waals surface area (Å²) >= 11 is 1.44. The van der Waals surface area contributed by atoms with Crippen LogP contribution >= 0.6 is 11.8 Å². The van der Waals surface area contributed by atoms with E-state index in [1.165, 1.54) is 11.8 Å². The number of benzene rings is 1. The number of rotatable bonds is 3. The van der Waals surface area contributed by atoms with Gasteiger partial charge in [0.1, 0.15) is 0 Å². The topological polar surface area (TPSA) is 48.7 Å². The van der Waals surface area contributed by atoms with E-state index in [1.54, 1.807) is 12.1 Å². The van der Waals surface area contributed by atoms with Crippen LogP contribution in [0.4, 0.5) is 0 Å². The molecule has 1 aromatic carbocycles. The first-order valence-electron chi connectivity index (χ1n) is 5.98. The lowest BCUT2D eigenvalue weighted by Crippen LogP contribution is -1.97. The lowest BCUT2D eigenvalue weighted by Gasteiger charge is -2.08. The molecule has 0 spiro atoms. The second-order valence-electron chi connectivity index (χ2n) is 4.04. The molecule has 2 aromatic rings. The number of hydrogen-bond donors (Lipinski definition) is 0. The molecular weight excluding hydrogens is 264 g/mol. The van der Waals surface area contributed by atoms with Gasteiger partial charge < -0.3 is 13.9 Å². The maximum absolute atomic E-state index is 10.6. The van der Waals surface area contributed by atoms with Crippen molar-refractivity contribution >= 4 is 18.0 Å². The van der Waals surface area contributed by atoms with Gasteiger partial charge in [-0.25, -0.2) is 0 Å². The van der Waals surface area contributed by atoms with Crippen molar-refractivity contribution in [3.05, 3.63) is 36.1 Å². The summed E-state index contributed by atoms with van der Waals surface area (Å²) in [5, 5.41) is 0.677. The number of aldehydes is 1. The largest absolute Gasteiger partial charge is 0.490 e. The van der Waals surface area contributed by atoms with Crippen LogP contribution in [0.25, 0.3) is 0 Å². The number of ether oxygens (including phenoxy) is 2. The smallest absolute Gasteiger partial charge is 0.185 e.